The van der Waals surface area contributed by atoms with E-state index < -0.39 is 0 Å². The summed E-state index contributed by atoms with van der Waals surface area (Å²) in [6.45, 7) is 5.65. The molecule has 24 heavy (non-hydrogen) atoms. The molecule has 3 rings (SSSR count). The Morgan fingerprint density at radius 2 is 2.29 bits per heavy atom. The first kappa shape index (κ1) is 16.6. The van der Waals surface area contributed by atoms with Gasteiger partial charge in [-0.2, -0.15) is 0 Å². The highest BCUT2D eigenvalue weighted by atomic mass is 16.2. The average Bonchev–Trinajstić information content (AvgIpc) is 2.61. The van der Waals surface area contributed by atoms with Crippen LogP contribution in [0.3, 0.4) is 0 Å². The van der Waals surface area contributed by atoms with Crippen LogP contribution in [0.5, 0.6) is 0 Å². The maximum Gasteiger partial charge on any atom is 0.234 e. The van der Waals surface area contributed by atoms with Crippen LogP contribution in [0, 0.1) is 6.92 Å². The summed E-state index contributed by atoms with van der Waals surface area (Å²) in [5.41, 5.74) is 3.49. The molecule has 5 heteroatoms. The van der Waals surface area contributed by atoms with E-state index >= 15 is 0 Å². The number of pyridine rings is 1. The summed E-state index contributed by atoms with van der Waals surface area (Å²) >= 11 is 0. The molecule has 1 fully saturated rings. The highest BCUT2D eigenvalue weighted by molar-refractivity contribution is 5.78. The zero-order valence-corrected chi connectivity index (χ0v) is 14.0. The molecule has 0 radical (unpaired) electrons. The lowest BCUT2D eigenvalue weighted by atomic mass is 10.1. The first-order valence-electron chi connectivity index (χ1n) is 8.39. The molecule has 1 amide bonds. The van der Waals surface area contributed by atoms with Gasteiger partial charge in [0, 0.05) is 44.6 Å². The second-order valence-electron chi connectivity index (χ2n) is 6.24. The second kappa shape index (κ2) is 8.04. The Morgan fingerprint density at radius 3 is 3.08 bits per heavy atom. The lowest BCUT2D eigenvalue weighted by Gasteiger charge is -2.35. The molecule has 1 aliphatic heterocycles. The van der Waals surface area contributed by atoms with E-state index in [1.165, 1.54) is 5.56 Å². The maximum atomic E-state index is 12.4. The van der Waals surface area contributed by atoms with E-state index in [4.69, 9.17) is 0 Å². The van der Waals surface area contributed by atoms with Gasteiger partial charge in [-0.25, -0.2) is 0 Å². The third kappa shape index (κ3) is 4.40. The SMILES string of the molecule is Cc1cccc(CNC(=O)CN2CCNCC2c2cccnc2)c1. The van der Waals surface area contributed by atoms with Crippen LogP contribution >= 0.6 is 0 Å². The van der Waals surface area contributed by atoms with Crippen molar-refractivity contribution in [3.8, 4) is 0 Å². The standard InChI is InChI=1S/C19H24N4O/c1-15-4-2-5-16(10-15)11-22-19(24)14-23-9-8-21-13-18(23)17-6-3-7-20-12-17/h2-7,10,12,18,21H,8-9,11,13-14H2,1H3,(H,22,24). The number of hydrogen-bond donors (Lipinski definition) is 2. The number of nitrogens with one attached hydrogen (secondary N) is 2. The van der Waals surface area contributed by atoms with Crippen molar-refractivity contribution in [3.05, 3.63) is 65.5 Å². The summed E-state index contributed by atoms with van der Waals surface area (Å²) in [6.07, 6.45) is 3.66. The van der Waals surface area contributed by atoms with E-state index in [0.717, 1.165) is 30.8 Å². The number of piperazine rings is 1. The third-order valence-corrected chi connectivity index (χ3v) is 4.34. The van der Waals surface area contributed by atoms with E-state index in [1.807, 2.05) is 24.4 Å². The molecule has 1 aliphatic rings. The molecule has 1 unspecified atom stereocenters. The highest BCUT2D eigenvalue weighted by Crippen LogP contribution is 2.20. The van der Waals surface area contributed by atoms with Gasteiger partial charge in [-0.15, -0.1) is 0 Å². The van der Waals surface area contributed by atoms with Gasteiger partial charge in [0.2, 0.25) is 5.91 Å². The number of rotatable bonds is 5. The Hall–Kier alpha value is -2.24. The van der Waals surface area contributed by atoms with Gasteiger partial charge in [-0.3, -0.25) is 14.7 Å². The minimum absolute atomic E-state index is 0.0623. The highest BCUT2D eigenvalue weighted by Gasteiger charge is 2.25. The predicted octanol–water partition coefficient (Wildman–Crippen LogP) is 1.65. The summed E-state index contributed by atoms with van der Waals surface area (Å²) in [7, 11) is 0. The van der Waals surface area contributed by atoms with E-state index in [-0.39, 0.29) is 11.9 Å². The van der Waals surface area contributed by atoms with Crippen molar-refractivity contribution in [1.29, 1.82) is 0 Å². The molecule has 1 saturated heterocycles. The number of amides is 1. The number of aromatic nitrogens is 1. The Balaban J connectivity index is 1.57. The van der Waals surface area contributed by atoms with Crippen LogP contribution in [0.4, 0.5) is 0 Å². The van der Waals surface area contributed by atoms with E-state index in [9.17, 15) is 4.79 Å². The first-order valence-corrected chi connectivity index (χ1v) is 8.39. The molecule has 2 aromatic rings. The number of hydrogen-bond acceptors (Lipinski definition) is 4. The van der Waals surface area contributed by atoms with Gasteiger partial charge in [-0.1, -0.05) is 35.9 Å². The molecular weight excluding hydrogens is 300 g/mol. The lowest BCUT2D eigenvalue weighted by Crippen LogP contribution is -2.49. The predicted molar refractivity (Wildman–Crippen MR) is 94.4 cm³/mol. The molecule has 0 saturated carbocycles. The molecule has 0 bridgehead atoms. The van der Waals surface area contributed by atoms with E-state index in [0.29, 0.717) is 13.1 Å². The Bertz CT molecular complexity index is 674. The monoisotopic (exact) mass is 324 g/mol. The average molecular weight is 324 g/mol. The van der Waals surface area contributed by atoms with Gasteiger partial charge in [-0.05, 0) is 24.1 Å². The van der Waals surface area contributed by atoms with Gasteiger partial charge in [0.25, 0.3) is 0 Å². The quantitative estimate of drug-likeness (QED) is 0.878. The van der Waals surface area contributed by atoms with Crippen molar-refractivity contribution >= 4 is 5.91 Å². The Morgan fingerprint density at radius 1 is 1.38 bits per heavy atom. The molecule has 0 aliphatic carbocycles. The molecule has 2 heterocycles. The summed E-state index contributed by atoms with van der Waals surface area (Å²) < 4.78 is 0. The normalized spacial score (nSPS) is 18.3. The van der Waals surface area contributed by atoms with Gasteiger partial charge in [0.05, 0.1) is 6.54 Å². The smallest absolute Gasteiger partial charge is 0.234 e. The molecular formula is C19H24N4O. The van der Waals surface area contributed by atoms with Crippen LogP contribution in [-0.2, 0) is 11.3 Å². The minimum atomic E-state index is 0.0623. The van der Waals surface area contributed by atoms with E-state index in [2.05, 4.69) is 45.6 Å². The number of nitrogens with zero attached hydrogens (tertiary/aromatic N) is 2. The Kier molecular flexibility index (Phi) is 5.56. The molecule has 126 valence electrons. The van der Waals surface area contributed by atoms with Crippen molar-refractivity contribution in [2.75, 3.05) is 26.2 Å². The maximum absolute atomic E-state index is 12.4. The molecule has 2 N–H and O–H groups in total. The first-order chi connectivity index (χ1) is 11.7. The van der Waals surface area contributed by atoms with Gasteiger partial charge in [0.1, 0.15) is 0 Å². The molecule has 0 spiro atoms. The zero-order valence-electron chi connectivity index (χ0n) is 14.0. The number of aryl methyl sites for hydroxylation is 1. The summed E-state index contributed by atoms with van der Waals surface area (Å²) in [5, 5.41) is 6.43. The number of carbonyl (C=O) groups is 1. The fourth-order valence-electron chi connectivity index (χ4n) is 3.10. The summed E-state index contributed by atoms with van der Waals surface area (Å²) in [5.74, 6) is 0.0623. The second-order valence-corrected chi connectivity index (χ2v) is 6.24. The largest absolute Gasteiger partial charge is 0.351 e. The fraction of sp³-hybridized carbons (Fsp3) is 0.368. The van der Waals surface area contributed by atoms with Crippen LogP contribution in [0.15, 0.2) is 48.8 Å². The van der Waals surface area contributed by atoms with Crippen LogP contribution in [0.25, 0.3) is 0 Å². The van der Waals surface area contributed by atoms with Crippen molar-refractivity contribution in [2.24, 2.45) is 0 Å². The zero-order chi connectivity index (χ0) is 16.8. The Labute approximate surface area is 143 Å². The number of benzene rings is 1. The van der Waals surface area contributed by atoms with Crippen LogP contribution in [0.1, 0.15) is 22.7 Å². The van der Waals surface area contributed by atoms with Crippen LogP contribution in [-0.4, -0.2) is 42.0 Å². The van der Waals surface area contributed by atoms with Crippen molar-refractivity contribution in [3.63, 3.8) is 0 Å². The summed E-state index contributed by atoms with van der Waals surface area (Å²) in [6, 6.07) is 12.4. The topological polar surface area (TPSA) is 57.3 Å². The molecule has 5 nitrogen and oxygen atoms in total. The summed E-state index contributed by atoms with van der Waals surface area (Å²) in [4.78, 5) is 18.8. The van der Waals surface area contributed by atoms with Gasteiger partial charge >= 0.3 is 0 Å². The number of carbonyl (C=O) groups excluding carboxylic acids is 1. The van der Waals surface area contributed by atoms with Crippen molar-refractivity contribution in [2.45, 2.75) is 19.5 Å². The third-order valence-electron chi connectivity index (χ3n) is 4.34. The van der Waals surface area contributed by atoms with Gasteiger partial charge in [0.15, 0.2) is 0 Å². The van der Waals surface area contributed by atoms with Crippen LogP contribution < -0.4 is 10.6 Å². The van der Waals surface area contributed by atoms with Crippen molar-refractivity contribution < 1.29 is 4.79 Å². The van der Waals surface area contributed by atoms with Crippen molar-refractivity contribution in [1.82, 2.24) is 20.5 Å². The van der Waals surface area contributed by atoms with Crippen LogP contribution in [0.2, 0.25) is 0 Å². The minimum Gasteiger partial charge on any atom is -0.351 e. The lowest BCUT2D eigenvalue weighted by molar-refractivity contribution is -0.123. The van der Waals surface area contributed by atoms with Gasteiger partial charge < -0.3 is 10.6 Å². The fourth-order valence-corrected chi connectivity index (χ4v) is 3.10. The molecule has 1 aromatic heterocycles. The van der Waals surface area contributed by atoms with E-state index in [1.54, 1.807) is 6.20 Å². The molecule has 1 atom stereocenters. The molecule has 1 aromatic carbocycles.